The summed E-state index contributed by atoms with van der Waals surface area (Å²) in [5.41, 5.74) is 1.69. The summed E-state index contributed by atoms with van der Waals surface area (Å²) in [6.45, 7) is 8.40. The Morgan fingerprint density at radius 2 is 1.21 bits per heavy atom. The fourth-order valence-electron chi connectivity index (χ4n) is 4.02. The largest absolute Gasteiger partial charge is 0.469 e. The number of ether oxygens (including phenoxy) is 1. The number of carbonyl (C=O) groups is 2. The van der Waals surface area contributed by atoms with Crippen molar-refractivity contribution in [3.05, 3.63) is 29.8 Å². The van der Waals surface area contributed by atoms with Gasteiger partial charge in [0, 0.05) is 32.3 Å². The van der Waals surface area contributed by atoms with Gasteiger partial charge < -0.3 is 10.1 Å². The average Bonchev–Trinajstić information content (AvgIpc) is 2.79. The van der Waals surface area contributed by atoms with Crippen molar-refractivity contribution in [2.24, 2.45) is 0 Å². The van der Waals surface area contributed by atoms with E-state index >= 15 is 0 Å². The van der Waals surface area contributed by atoms with Crippen LogP contribution in [0, 0.1) is 0 Å². The number of nitrogens with one attached hydrogen (secondary N) is 1. The number of anilines is 1. The van der Waals surface area contributed by atoms with Gasteiger partial charge in [-0.15, -0.1) is 0 Å². The maximum Gasteiger partial charge on any atom is 0.305 e. The van der Waals surface area contributed by atoms with Gasteiger partial charge in [-0.1, -0.05) is 96.3 Å². The maximum absolute atomic E-state index is 12.1. The Balaban J connectivity index is 1.93. The van der Waals surface area contributed by atoms with Crippen molar-refractivity contribution in [3.63, 3.8) is 0 Å². The first kappa shape index (κ1) is 29.4. The molecule has 188 valence electrons. The van der Waals surface area contributed by atoms with E-state index in [0.29, 0.717) is 5.56 Å². The highest BCUT2D eigenvalue weighted by atomic mass is 28.3. The van der Waals surface area contributed by atoms with E-state index < -0.39 is 8.07 Å². The first-order chi connectivity index (χ1) is 15.8. The fourth-order valence-corrected chi connectivity index (χ4v) is 5.33. The number of benzene rings is 1. The third kappa shape index (κ3) is 16.6. The number of carbonyl (C=O) groups excluding carboxylic acids is 2. The molecule has 0 spiro atoms. The lowest BCUT2D eigenvalue weighted by Crippen LogP contribution is -2.18. The van der Waals surface area contributed by atoms with Crippen molar-refractivity contribution in [1.29, 1.82) is 0 Å². The Labute approximate surface area is 204 Å². The highest BCUT2D eigenvalue weighted by Crippen LogP contribution is 2.17. The Bertz CT molecular complexity index is 652. The molecule has 5 heteroatoms. The quantitative estimate of drug-likeness (QED) is 0.0892. The van der Waals surface area contributed by atoms with Gasteiger partial charge in [0.25, 0.3) is 0 Å². The van der Waals surface area contributed by atoms with E-state index in [1.807, 2.05) is 24.3 Å². The molecule has 0 bridgehead atoms. The van der Waals surface area contributed by atoms with Gasteiger partial charge in [0.15, 0.2) is 5.78 Å². The van der Waals surface area contributed by atoms with E-state index in [2.05, 4.69) is 29.7 Å². The maximum atomic E-state index is 12.1. The van der Waals surface area contributed by atoms with Gasteiger partial charge >= 0.3 is 5.97 Å². The molecule has 33 heavy (non-hydrogen) atoms. The number of esters is 1. The van der Waals surface area contributed by atoms with Crippen LogP contribution in [0.5, 0.6) is 0 Å². The molecule has 0 unspecified atom stereocenters. The van der Waals surface area contributed by atoms with Crippen LogP contribution in [0.3, 0.4) is 0 Å². The number of ketones is 1. The molecule has 1 aromatic carbocycles. The lowest BCUT2D eigenvalue weighted by atomic mass is 10.1. The van der Waals surface area contributed by atoms with E-state index in [-0.39, 0.29) is 24.6 Å². The predicted molar refractivity (Wildman–Crippen MR) is 144 cm³/mol. The highest BCUT2D eigenvalue weighted by Gasteiger charge is 2.11. The third-order valence-electron chi connectivity index (χ3n) is 6.17. The molecule has 0 saturated carbocycles. The van der Waals surface area contributed by atoms with Gasteiger partial charge in [-0.3, -0.25) is 9.59 Å². The van der Waals surface area contributed by atoms with Crippen molar-refractivity contribution < 1.29 is 14.3 Å². The normalized spacial score (nSPS) is 11.4. The van der Waals surface area contributed by atoms with E-state index in [0.717, 1.165) is 12.2 Å². The minimum atomic E-state index is -0.817. The summed E-state index contributed by atoms with van der Waals surface area (Å²) in [4.78, 5) is 23.2. The summed E-state index contributed by atoms with van der Waals surface area (Å²) in [7, 11) is 0.523. The van der Waals surface area contributed by atoms with E-state index in [9.17, 15) is 9.59 Å². The first-order valence-corrected chi connectivity index (χ1v) is 17.0. The number of rotatable bonds is 20. The molecule has 0 heterocycles. The van der Waals surface area contributed by atoms with Crippen LogP contribution >= 0.6 is 0 Å². The second kappa shape index (κ2) is 17.8. The van der Waals surface area contributed by atoms with Gasteiger partial charge in [0.1, 0.15) is 0 Å². The van der Waals surface area contributed by atoms with Crippen LogP contribution in [0.1, 0.15) is 100 Å². The predicted octanol–water partition coefficient (Wildman–Crippen LogP) is 8.25. The van der Waals surface area contributed by atoms with Gasteiger partial charge in [-0.25, -0.2) is 0 Å². The molecule has 0 aliphatic heterocycles. The summed E-state index contributed by atoms with van der Waals surface area (Å²) in [6, 6.07) is 9.04. The molecule has 0 saturated heterocycles. The first-order valence-electron chi connectivity index (χ1n) is 13.3. The molecule has 0 amide bonds. The summed E-state index contributed by atoms with van der Waals surface area (Å²) in [5.74, 6) is -0.371. The molecule has 0 aliphatic carbocycles. The number of hydrogen-bond donors (Lipinski definition) is 1. The lowest BCUT2D eigenvalue weighted by molar-refractivity contribution is -0.140. The van der Waals surface area contributed by atoms with Crippen molar-refractivity contribution in [2.45, 2.75) is 116 Å². The zero-order valence-corrected chi connectivity index (χ0v) is 22.8. The molecule has 0 aliphatic rings. The van der Waals surface area contributed by atoms with Crippen LogP contribution in [0.25, 0.3) is 0 Å². The van der Waals surface area contributed by atoms with Crippen LogP contribution in [-0.4, -0.2) is 33.5 Å². The van der Waals surface area contributed by atoms with E-state index in [1.165, 1.54) is 90.2 Å². The summed E-state index contributed by atoms with van der Waals surface area (Å²) in [6.07, 6.45) is 16.8. The molecular weight excluding hydrogens is 426 g/mol. The molecule has 1 N–H and O–H groups in total. The van der Waals surface area contributed by atoms with Crippen molar-refractivity contribution >= 4 is 25.5 Å². The molecular formula is C28H49NO3Si. The third-order valence-corrected chi connectivity index (χ3v) is 8.03. The van der Waals surface area contributed by atoms with E-state index in [4.69, 9.17) is 0 Å². The van der Waals surface area contributed by atoms with Gasteiger partial charge in [-0.2, -0.15) is 0 Å². The second-order valence-electron chi connectivity index (χ2n) is 10.6. The number of Topliss-reactive ketones (excluding diaryl/α,β-unsaturated/α-hetero) is 1. The van der Waals surface area contributed by atoms with Crippen LogP contribution < -0.4 is 5.32 Å². The summed E-state index contributed by atoms with van der Waals surface area (Å²) >= 11 is 0. The number of unbranched alkanes of at least 4 members (excludes halogenated alkanes) is 11. The second-order valence-corrected chi connectivity index (χ2v) is 16.2. The molecule has 1 rings (SSSR count). The zero-order chi connectivity index (χ0) is 24.4. The van der Waals surface area contributed by atoms with Crippen LogP contribution in [-0.2, 0) is 9.53 Å². The zero-order valence-electron chi connectivity index (χ0n) is 21.8. The monoisotopic (exact) mass is 475 g/mol. The highest BCUT2D eigenvalue weighted by molar-refractivity contribution is 6.76. The number of hydrogen-bond acceptors (Lipinski definition) is 4. The minimum absolute atomic E-state index is 0.0237. The lowest BCUT2D eigenvalue weighted by Gasteiger charge is -2.14. The van der Waals surface area contributed by atoms with Crippen molar-refractivity contribution in [2.75, 3.05) is 19.0 Å². The van der Waals surface area contributed by atoms with Crippen LogP contribution in [0.15, 0.2) is 24.3 Å². The Morgan fingerprint density at radius 1 is 0.727 bits per heavy atom. The topological polar surface area (TPSA) is 55.4 Å². The number of methoxy groups -OCH3 is 1. The molecule has 0 aromatic heterocycles. The van der Waals surface area contributed by atoms with Crippen LogP contribution in [0.4, 0.5) is 5.69 Å². The molecule has 0 atom stereocenters. The van der Waals surface area contributed by atoms with Crippen molar-refractivity contribution in [3.8, 4) is 0 Å². The molecule has 4 nitrogen and oxygen atoms in total. The van der Waals surface area contributed by atoms with Crippen LogP contribution in [0.2, 0.25) is 25.7 Å². The van der Waals surface area contributed by atoms with Gasteiger partial charge in [0.05, 0.1) is 13.5 Å². The molecule has 0 radical (unpaired) electrons. The summed E-state index contributed by atoms with van der Waals surface area (Å²) < 4.78 is 4.58. The molecule has 1 aromatic rings. The smallest absolute Gasteiger partial charge is 0.305 e. The average molecular weight is 476 g/mol. The Kier molecular flexibility index (Phi) is 15.9. The Morgan fingerprint density at radius 3 is 1.70 bits per heavy atom. The van der Waals surface area contributed by atoms with Crippen molar-refractivity contribution in [1.82, 2.24) is 0 Å². The standard InChI is InChI=1S/C28H49NO3Si/c1-32-28(31)22-21-27(30)25-17-19-26(20-18-25)29-23-15-13-11-9-7-5-6-8-10-12-14-16-24-33(2,3)4/h17-20,29H,5-16,21-24H2,1-4H3. The van der Waals surface area contributed by atoms with Gasteiger partial charge in [0.2, 0.25) is 0 Å². The van der Waals surface area contributed by atoms with Gasteiger partial charge in [-0.05, 0) is 30.7 Å². The fraction of sp³-hybridized carbons (Fsp3) is 0.714. The van der Waals surface area contributed by atoms with E-state index in [1.54, 1.807) is 0 Å². The summed E-state index contributed by atoms with van der Waals surface area (Å²) in [5, 5.41) is 3.43. The SMILES string of the molecule is COC(=O)CCC(=O)c1ccc(NCCCCCCCCCCCCCC[Si](C)(C)C)cc1. The minimum Gasteiger partial charge on any atom is -0.469 e. The Hall–Kier alpha value is -1.62. The molecule has 0 fully saturated rings.